The second kappa shape index (κ2) is 7.91. The van der Waals surface area contributed by atoms with E-state index in [0.29, 0.717) is 0 Å². The molecule has 51 valence electrons. The lowest BCUT2D eigenvalue weighted by molar-refractivity contribution is 0.837. The van der Waals surface area contributed by atoms with Gasteiger partial charge in [0.1, 0.15) is 0 Å². The minimum atomic E-state index is 1.02. The van der Waals surface area contributed by atoms with Crippen molar-refractivity contribution < 1.29 is 0 Å². The monoisotopic (exact) mass is 141 g/mol. The van der Waals surface area contributed by atoms with Gasteiger partial charge < -0.3 is 0 Å². The fourth-order valence-corrected chi connectivity index (χ4v) is 1.04. The van der Waals surface area contributed by atoms with Crippen molar-refractivity contribution in [2.45, 2.75) is 19.3 Å². The Bertz CT molecular complexity index is 96.9. The van der Waals surface area contributed by atoms with Crippen molar-refractivity contribution in [2.24, 2.45) is 0 Å². The second-order valence-electron chi connectivity index (χ2n) is 1.80. The van der Waals surface area contributed by atoms with Crippen LogP contribution in [-0.2, 0) is 0 Å². The van der Waals surface area contributed by atoms with Crippen LogP contribution in [0.1, 0.15) is 19.3 Å². The van der Waals surface area contributed by atoms with E-state index >= 15 is 0 Å². The summed E-state index contributed by atoms with van der Waals surface area (Å²) in [5.41, 5.74) is 0. The first-order chi connectivity index (χ1) is 4.41. The zero-order valence-corrected chi connectivity index (χ0v) is 6.76. The van der Waals surface area contributed by atoms with Gasteiger partial charge in [-0.2, -0.15) is 11.8 Å². The summed E-state index contributed by atoms with van der Waals surface area (Å²) in [4.78, 5) is 0. The molecular formula is C8H13S. The average molecular weight is 141 g/mol. The molecule has 0 nitrogen and oxygen atoms in total. The Balaban J connectivity index is 2.80. The lowest BCUT2D eigenvalue weighted by atomic mass is 10.2. The molecule has 0 rings (SSSR count). The van der Waals surface area contributed by atoms with Gasteiger partial charge in [-0.1, -0.05) is 0 Å². The molecule has 0 saturated heterocycles. The SMILES string of the molecule is [CH2]C#CCCCCSC. The van der Waals surface area contributed by atoms with Crippen molar-refractivity contribution >= 4 is 11.8 Å². The van der Waals surface area contributed by atoms with Gasteiger partial charge in [0.25, 0.3) is 0 Å². The van der Waals surface area contributed by atoms with Gasteiger partial charge >= 0.3 is 0 Å². The molecule has 1 heteroatoms. The van der Waals surface area contributed by atoms with Crippen LogP contribution < -0.4 is 0 Å². The Morgan fingerprint density at radius 3 is 2.78 bits per heavy atom. The van der Waals surface area contributed by atoms with Crippen LogP contribution in [-0.4, -0.2) is 12.0 Å². The maximum atomic E-state index is 3.44. The number of thioether (sulfide) groups is 1. The second-order valence-corrected chi connectivity index (χ2v) is 2.79. The Kier molecular flexibility index (Phi) is 7.83. The summed E-state index contributed by atoms with van der Waals surface area (Å²) in [6.07, 6.45) is 5.66. The summed E-state index contributed by atoms with van der Waals surface area (Å²) in [5.74, 6) is 6.84. The van der Waals surface area contributed by atoms with Crippen molar-refractivity contribution in [3.63, 3.8) is 0 Å². The molecule has 0 N–H and O–H groups in total. The van der Waals surface area contributed by atoms with Crippen LogP contribution in [0.2, 0.25) is 0 Å². The first kappa shape index (κ1) is 8.91. The van der Waals surface area contributed by atoms with E-state index in [1.165, 1.54) is 18.6 Å². The molecule has 0 spiro atoms. The van der Waals surface area contributed by atoms with Crippen LogP contribution in [0.3, 0.4) is 0 Å². The molecule has 0 aliphatic heterocycles. The van der Waals surface area contributed by atoms with Gasteiger partial charge in [0.2, 0.25) is 0 Å². The first-order valence-corrected chi connectivity index (χ1v) is 4.55. The largest absolute Gasteiger partial charge is 0.165 e. The van der Waals surface area contributed by atoms with Crippen LogP contribution in [0.25, 0.3) is 0 Å². The van der Waals surface area contributed by atoms with Crippen molar-refractivity contribution in [2.75, 3.05) is 12.0 Å². The molecule has 0 aliphatic rings. The van der Waals surface area contributed by atoms with Gasteiger partial charge in [0.05, 0.1) is 0 Å². The van der Waals surface area contributed by atoms with E-state index in [-0.39, 0.29) is 0 Å². The Morgan fingerprint density at radius 1 is 1.44 bits per heavy atom. The fraction of sp³-hybridized carbons (Fsp3) is 0.625. The molecule has 0 heterocycles. The van der Waals surface area contributed by atoms with Crippen LogP contribution in [0.5, 0.6) is 0 Å². The van der Waals surface area contributed by atoms with Crippen LogP contribution in [0, 0.1) is 18.8 Å². The van der Waals surface area contributed by atoms with Crippen molar-refractivity contribution in [1.82, 2.24) is 0 Å². The predicted molar refractivity (Wildman–Crippen MR) is 45.4 cm³/mol. The van der Waals surface area contributed by atoms with E-state index in [1.54, 1.807) is 0 Å². The Morgan fingerprint density at radius 2 is 2.22 bits per heavy atom. The van der Waals surface area contributed by atoms with E-state index in [1.807, 2.05) is 11.8 Å². The minimum absolute atomic E-state index is 1.02. The zero-order chi connectivity index (χ0) is 6.95. The normalized spacial score (nSPS) is 8.22. The summed E-state index contributed by atoms with van der Waals surface area (Å²) in [7, 11) is 0. The standard InChI is InChI=1S/C8H13S/c1-3-4-5-6-7-8-9-2/h1,5-8H2,2H3. The minimum Gasteiger partial charge on any atom is -0.165 e. The summed E-state index contributed by atoms with van der Waals surface area (Å²) in [5, 5.41) is 0. The van der Waals surface area contributed by atoms with Gasteiger partial charge in [0, 0.05) is 13.3 Å². The molecule has 0 aromatic carbocycles. The van der Waals surface area contributed by atoms with Gasteiger partial charge in [-0.25, -0.2) is 0 Å². The van der Waals surface area contributed by atoms with Gasteiger partial charge in [0.15, 0.2) is 0 Å². The third kappa shape index (κ3) is 7.91. The number of unbranched alkanes of at least 4 members (excludes halogenated alkanes) is 2. The lowest BCUT2D eigenvalue weighted by Gasteiger charge is -1.90. The van der Waals surface area contributed by atoms with Crippen molar-refractivity contribution in [3.8, 4) is 11.8 Å². The maximum absolute atomic E-state index is 3.44. The zero-order valence-electron chi connectivity index (χ0n) is 5.94. The van der Waals surface area contributed by atoms with E-state index in [9.17, 15) is 0 Å². The van der Waals surface area contributed by atoms with E-state index in [0.717, 1.165) is 6.42 Å². The molecule has 0 bridgehead atoms. The van der Waals surface area contributed by atoms with Crippen molar-refractivity contribution in [1.29, 1.82) is 0 Å². The molecule has 0 aromatic heterocycles. The van der Waals surface area contributed by atoms with Crippen LogP contribution >= 0.6 is 11.8 Å². The molecule has 0 atom stereocenters. The summed E-state index contributed by atoms with van der Waals surface area (Å²) >= 11 is 1.90. The maximum Gasteiger partial charge on any atom is 0.0198 e. The smallest absolute Gasteiger partial charge is 0.0198 e. The van der Waals surface area contributed by atoms with Gasteiger partial charge in [-0.15, -0.1) is 11.8 Å². The topological polar surface area (TPSA) is 0 Å². The van der Waals surface area contributed by atoms with E-state index < -0.39 is 0 Å². The predicted octanol–water partition coefficient (Wildman–Crippen LogP) is 2.36. The third-order valence-electron chi connectivity index (χ3n) is 1.03. The molecule has 0 unspecified atom stereocenters. The Hall–Kier alpha value is -0.0900. The number of hydrogen-bond donors (Lipinski definition) is 0. The third-order valence-corrected chi connectivity index (χ3v) is 1.72. The quantitative estimate of drug-likeness (QED) is 0.428. The van der Waals surface area contributed by atoms with Crippen molar-refractivity contribution in [3.05, 3.63) is 6.92 Å². The Labute approximate surface area is 62.4 Å². The van der Waals surface area contributed by atoms with Crippen LogP contribution in [0.15, 0.2) is 0 Å². The fourth-order valence-electron chi connectivity index (χ4n) is 0.548. The van der Waals surface area contributed by atoms with E-state index in [2.05, 4.69) is 25.0 Å². The number of hydrogen-bond acceptors (Lipinski definition) is 1. The summed E-state index contributed by atoms with van der Waals surface area (Å²) < 4.78 is 0. The molecule has 0 amide bonds. The molecule has 0 aromatic rings. The molecule has 1 radical (unpaired) electrons. The van der Waals surface area contributed by atoms with Gasteiger partial charge in [-0.3, -0.25) is 0 Å². The average Bonchev–Trinajstić information content (AvgIpc) is 1.89. The summed E-state index contributed by atoms with van der Waals surface area (Å²) in [6.45, 7) is 3.44. The first-order valence-electron chi connectivity index (χ1n) is 3.15. The highest BCUT2D eigenvalue weighted by atomic mass is 32.2. The molecule has 0 aliphatic carbocycles. The molecule has 0 fully saturated rings. The highest BCUT2D eigenvalue weighted by molar-refractivity contribution is 7.98. The highest BCUT2D eigenvalue weighted by Gasteiger charge is 1.82. The molecule has 9 heavy (non-hydrogen) atoms. The molecule has 0 saturated carbocycles. The highest BCUT2D eigenvalue weighted by Crippen LogP contribution is 2.00. The van der Waals surface area contributed by atoms with E-state index in [4.69, 9.17) is 0 Å². The van der Waals surface area contributed by atoms with Gasteiger partial charge in [-0.05, 0) is 24.9 Å². The number of rotatable bonds is 4. The molecular weight excluding hydrogens is 128 g/mol. The lowest BCUT2D eigenvalue weighted by Crippen LogP contribution is -1.76. The summed E-state index contributed by atoms with van der Waals surface area (Å²) in [6, 6.07) is 0. The van der Waals surface area contributed by atoms with Crippen LogP contribution in [0.4, 0.5) is 0 Å².